The first-order valence-electron chi connectivity index (χ1n) is 24.1. The summed E-state index contributed by atoms with van der Waals surface area (Å²) >= 11 is 5.69. The first kappa shape index (κ1) is 39.3. The molecular weight excluding hydrogens is 903 g/mol. The Bertz CT molecular complexity index is 4190. The van der Waals surface area contributed by atoms with Gasteiger partial charge in [0.2, 0.25) is 0 Å². The fraction of sp³-hybridized carbons (Fsp3) is 0.0303. The smallest absolute Gasteiger partial charge is 0.0742 e. The third kappa shape index (κ3) is 5.00. The predicted molar refractivity (Wildman–Crippen MR) is 294 cm³/mol. The molecule has 0 bridgehead atoms. The summed E-state index contributed by atoms with van der Waals surface area (Å²) in [5.74, 6) is 0. The van der Waals surface area contributed by atoms with Gasteiger partial charge in [0.15, 0.2) is 0 Å². The van der Waals surface area contributed by atoms with E-state index in [4.69, 9.17) is 0 Å². The molecule has 4 heteroatoms. The third-order valence-electron chi connectivity index (χ3n) is 15.8. The number of fused-ring (bicyclic) bond motifs is 23. The highest BCUT2D eigenvalue weighted by molar-refractivity contribution is 7.99. The van der Waals surface area contributed by atoms with Gasteiger partial charge >= 0.3 is 0 Å². The van der Waals surface area contributed by atoms with Crippen LogP contribution in [0.2, 0.25) is 0 Å². The lowest BCUT2D eigenvalue weighted by atomic mass is 9.66. The van der Waals surface area contributed by atoms with Gasteiger partial charge in [-0.3, -0.25) is 0 Å². The fourth-order valence-electron chi connectivity index (χ4n) is 13.2. The molecule has 1 nitrogen and oxygen atoms in total. The Hall–Kier alpha value is -7.60. The van der Waals surface area contributed by atoms with Crippen LogP contribution in [0.15, 0.2) is 256 Å². The molecular formula is C66H39NS3. The molecule has 0 amide bonds. The number of nitrogens with zero attached hydrogens (tertiary/aromatic N) is 1. The molecule has 0 N–H and O–H groups in total. The summed E-state index contributed by atoms with van der Waals surface area (Å²) in [6.45, 7) is 0. The number of benzene rings is 11. The standard InChI is InChI=1S/C66H39NS3/c1-2-17-43-40(16-1)32-35-47-46-20-5-9-24-51(46)66(64(43)47)53-26-11-14-30-59(53)70-61-37-34-42(39-55(61)66)67(56-27-15-31-62-63(56)48-21-6-12-28-57(48)68-62)41-33-36-60-54(38-41)65(52-25-10-13-29-58(52)69-60)49-22-7-3-18-44(49)45-19-4-8-23-50(45)65/h1-39H. The second-order valence-corrected chi connectivity index (χ2v) is 22.2. The lowest BCUT2D eigenvalue weighted by Crippen LogP contribution is -2.32. The molecule has 2 aliphatic heterocycles. The summed E-state index contributed by atoms with van der Waals surface area (Å²) in [5.41, 5.74) is 18.4. The van der Waals surface area contributed by atoms with Crippen molar-refractivity contribution >= 4 is 82.9 Å². The highest BCUT2D eigenvalue weighted by atomic mass is 32.2. The molecule has 1 aromatic heterocycles. The predicted octanol–water partition coefficient (Wildman–Crippen LogP) is 18.3. The Morgan fingerprint density at radius 1 is 0.314 bits per heavy atom. The van der Waals surface area contributed by atoms with Gasteiger partial charge in [0.05, 0.1) is 16.5 Å². The van der Waals surface area contributed by atoms with Crippen molar-refractivity contribution in [3.05, 3.63) is 281 Å². The number of rotatable bonds is 3. The lowest BCUT2D eigenvalue weighted by molar-refractivity contribution is 0.722. The molecule has 4 aliphatic rings. The van der Waals surface area contributed by atoms with E-state index in [0.29, 0.717) is 0 Å². The van der Waals surface area contributed by atoms with Crippen LogP contribution in [-0.2, 0) is 10.8 Å². The maximum atomic E-state index is 2.59. The van der Waals surface area contributed by atoms with E-state index >= 15 is 0 Å². The molecule has 2 spiro atoms. The minimum absolute atomic E-state index is 0.508. The van der Waals surface area contributed by atoms with Crippen molar-refractivity contribution in [2.24, 2.45) is 0 Å². The first-order valence-corrected chi connectivity index (χ1v) is 26.5. The average Bonchev–Trinajstić information content (AvgIpc) is 4.05. The zero-order valence-corrected chi connectivity index (χ0v) is 40.1. The van der Waals surface area contributed by atoms with Crippen molar-refractivity contribution in [3.63, 3.8) is 0 Å². The normalized spacial score (nSPS) is 16.1. The molecule has 1 unspecified atom stereocenters. The van der Waals surface area contributed by atoms with Gasteiger partial charge in [0.25, 0.3) is 0 Å². The Morgan fingerprint density at radius 3 is 1.47 bits per heavy atom. The van der Waals surface area contributed by atoms with Crippen LogP contribution >= 0.6 is 34.9 Å². The number of thiophene rings is 1. The highest BCUT2D eigenvalue weighted by Crippen LogP contribution is 2.66. The van der Waals surface area contributed by atoms with Crippen LogP contribution in [-0.4, -0.2) is 0 Å². The quantitative estimate of drug-likeness (QED) is 0.174. The lowest BCUT2D eigenvalue weighted by Gasteiger charge is -2.41. The molecule has 0 radical (unpaired) electrons. The van der Waals surface area contributed by atoms with Gasteiger partial charge in [-0.25, -0.2) is 0 Å². The topological polar surface area (TPSA) is 3.24 Å². The molecule has 0 fully saturated rings. The Labute approximate surface area is 418 Å². The zero-order valence-electron chi connectivity index (χ0n) is 37.7. The number of hydrogen-bond donors (Lipinski definition) is 0. The van der Waals surface area contributed by atoms with E-state index in [0.717, 1.165) is 11.4 Å². The Morgan fingerprint density at radius 2 is 0.800 bits per heavy atom. The monoisotopic (exact) mass is 941 g/mol. The summed E-state index contributed by atoms with van der Waals surface area (Å²) in [4.78, 5) is 7.78. The van der Waals surface area contributed by atoms with E-state index in [9.17, 15) is 0 Å². The molecule has 326 valence electrons. The molecule has 16 rings (SSSR count). The van der Waals surface area contributed by atoms with Gasteiger partial charge < -0.3 is 4.90 Å². The summed E-state index contributed by atoms with van der Waals surface area (Å²) < 4.78 is 2.58. The van der Waals surface area contributed by atoms with Gasteiger partial charge in [-0.2, -0.15) is 0 Å². The SMILES string of the molecule is c1ccc2c(c1)Sc1ccc(N(c3ccc4c(c3)C3(c5ccccc5S4)c4ccccc4-c4ccc5ccccc5c43)c3cccc4sc5ccccc5c34)cc1C21c2ccccc2-c2ccccc21. The minimum atomic E-state index is -0.565. The maximum absolute atomic E-state index is 2.59. The van der Waals surface area contributed by atoms with Crippen molar-refractivity contribution in [3.8, 4) is 22.3 Å². The number of anilines is 3. The average molecular weight is 942 g/mol. The molecule has 0 saturated carbocycles. The molecule has 11 aromatic carbocycles. The van der Waals surface area contributed by atoms with Gasteiger partial charge in [0, 0.05) is 51.1 Å². The molecule has 2 aliphatic carbocycles. The van der Waals surface area contributed by atoms with Crippen molar-refractivity contribution < 1.29 is 0 Å². The van der Waals surface area contributed by atoms with E-state index in [2.05, 4.69) is 241 Å². The van der Waals surface area contributed by atoms with E-state index in [1.54, 1.807) is 0 Å². The van der Waals surface area contributed by atoms with E-state index in [1.807, 2.05) is 34.9 Å². The van der Waals surface area contributed by atoms with Crippen LogP contribution in [0.5, 0.6) is 0 Å². The fourth-order valence-corrected chi connectivity index (χ4v) is 16.6. The molecule has 1 atom stereocenters. The van der Waals surface area contributed by atoms with Crippen molar-refractivity contribution in [2.75, 3.05) is 4.90 Å². The van der Waals surface area contributed by atoms with Gasteiger partial charge in [-0.1, -0.05) is 193 Å². The van der Waals surface area contributed by atoms with Crippen LogP contribution < -0.4 is 4.90 Å². The van der Waals surface area contributed by atoms with Crippen molar-refractivity contribution in [1.82, 2.24) is 0 Å². The summed E-state index contributed by atoms with van der Waals surface area (Å²) in [7, 11) is 0. The van der Waals surface area contributed by atoms with E-state index in [-0.39, 0.29) is 0 Å². The highest BCUT2D eigenvalue weighted by Gasteiger charge is 2.52. The van der Waals surface area contributed by atoms with Gasteiger partial charge in [0.1, 0.15) is 0 Å². The second kappa shape index (κ2) is 14.5. The second-order valence-electron chi connectivity index (χ2n) is 19.0. The first-order chi connectivity index (χ1) is 34.7. The van der Waals surface area contributed by atoms with Crippen molar-refractivity contribution in [1.29, 1.82) is 0 Å². The molecule has 0 saturated heterocycles. The van der Waals surface area contributed by atoms with Crippen LogP contribution in [0.25, 0.3) is 53.2 Å². The molecule has 12 aromatic rings. The van der Waals surface area contributed by atoms with Crippen LogP contribution in [0.4, 0.5) is 17.1 Å². The minimum Gasteiger partial charge on any atom is -0.310 e. The summed E-state index contributed by atoms with van der Waals surface area (Å²) in [6.07, 6.45) is 0. The zero-order chi connectivity index (χ0) is 45.7. The van der Waals surface area contributed by atoms with Gasteiger partial charge in [-0.05, 0) is 144 Å². The van der Waals surface area contributed by atoms with Gasteiger partial charge in [-0.15, -0.1) is 11.3 Å². The van der Waals surface area contributed by atoms with Crippen LogP contribution in [0.1, 0.15) is 44.5 Å². The Balaban J connectivity index is 1.02. The maximum Gasteiger partial charge on any atom is 0.0742 e. The van der Waals surface area contributed by atoms with E-state index < -0.39 is 10.8 Å². The Kier molecular flexibility index (Phi) is 8.12. The summed E-state index contributed by atoms with van der Waals surface area (Å²) in [6, 6.07) is 90.1. The van der Waals surface area contributed by atoms with E-state index in [1.165, 1.54) is 123 Å². The molecule has 70 heavy (non-hydrogen) atoms. The molecule has 3 heterocycles. The summed E-state index contributed by atoms with van der Waals surface area (Å²) in [5, 5.41) is 5.12. The van der Waals surface area contributed by atoms with Crippen LogP contribution in [0, 0.1) is 0 Å². The number of hydrogen-bond acceptors (Lipinski definition) is 4. The third-order valence-corrected chi connectivity index (χ3v) is 19.2. The van der Waals surface area contributed by atoms with Crippen LogP contribution in [0.3, 0.4) is 0 Å². The van der Waals surface area contributed by atoms with Crippen molar-refractivity contribution in [2.45, 2.75) is 30.4 Å². The largest absolute Gasteiger partial charge is 0.310 e.